The van der Waals surface area contributed by atoms with E-state index in [-0.39, 0.29) is 36.9 Å². The van der Waals surface area contributed by atoms with Crippen molar-refractivity contribution in [1.82, 2.24) is 16.1 Å². The Morgan fingerprint density at radius 1 is 0.935 bits per heavy atom. The van der Waals surface area contributed by atoms with E-state index < -0.39 is 23.9 Å². The maximum absolute atomic E-state index is 12.6. The van der Waals surface area contributed by atoms with Crippen molar-refractivity contribution in [3.05, 3.63) is 92.6 Å². The molecule has 0 fully saturated rings. The van der Waals surface area contributed by atoms with Crippen LogP contribution in [0.25, 0.3) is 0 Å². The molecule has 14 heteroatoms. The molecule has 0 unspecified atom stereocenters. The van der Waals surface area contributed by atoms with Crippen LogP contribution in [0.3, 0.4) is 0 Å². The average Bonchev–Trinajstić information content (AvgIpc) is 3.04. The van der Waals surface area contributed by atoms with Crippen molar-refractivity contribution < 1.29 is 38.1 Å². The Kier molecular flexibility index (Phi) is 11.7. The number of benzene rings is 3. The highest BCUT2D eigenvalue weighted by molar-refractivity contribution is 6.42. The molecule has 1 aliphatic rings. The fourth-order valence-corrected chi connectivity index (χ4v) is 4.76. The molecule has 0 bridgehead atoms. The topological polar surface area (TPSA) is 146 Å². The van der Waals surface area contributed by atoms with Gasteiger partial charge in [0.15, 0.2) is 29.6 Å². The second-order valence-corrected chi connectivity index (χ2v) is 10.5. The molecule has 12 nitrogen and oxygen atoms in total. The summed E-state index contributed by atoms with van der Waals surface area (Å²) in [5.74, 6) is 0.454. The first-order valence-electron chi connectivity index (χ1n) is 14.0. The number of nitrogens with zero attached hydrogens (tertiary/aromatic N) is 1. The largest absolute Gasteiger partial charge is 0.493 e. The summed E-state index contributed by atoms with van der Waals surface area (Å²) >= 11 is 12.0. The molecule has 3 aromatic carbocycles. The Hall–Kier alpha value is -4.94. The molecule has 3 N–H and O–H groups in total. The van der Waals surface area contributed by atoms with E-state index in [1.807, 2.05) is 6.07 Å². The van der Waals surface area contributed by atoms with Crippen LogP contribution in [0.2, 0.25) is 10.0 Å². The highest BCUT2D eigenvalue weighted by atomic mass is 35.5. The molecule has 0 spiro atoms. The lowest BCUT2D eigenvalue weighted by molar-refractivity contribution is -0.139. The lowest BCUT2D eigenvalue weighted by atomic mass is 9.95. The Bertz CT molecular complexity index is 1680. The minimum Gasteiger partial charge on any atom is -0.493 e. The molecule has 0 radical (unpaired) electrons. The van der Waals surface area contributed by atoms with Gasteiger partial charge in [-0.15, -0.1) is 0 Å². The highest BCUT2D eigenvalue weighted by Gasteiger charge is 2.32. The van der Waals surface area contributed by atoms with Gasteiger partial charge >= 0.3 is 12.0 Å². The Balaban J connectivity index is 1.35. The van der Waals surface area contributed by atoms with Gasteiger partial charge in [-0.25, -0.2) is 15.0 Å². The fraction of sp³-hybridized carbons (Fsp3) is 0.250. The number of halogens is 2. The van der Waals surface area contributed by atoms with Crippen LogP contribution in [-0.2, 0) is 20.9 Å². The van der Waals surface area contributed by atoms with Gasteiger partial charge in [-0.2, -0.15) is 5.10 Å². The Morgan fingerprint density at radius 3 is 2.37 bits per heavy atom. The summed E-state index contributed by atoms with van der Waals surface area (Å²) in [6.45, 7) is 3.38. The van der Waals surface area contributed by atoms with E-state index in [0.29, 0.717) is 38.4 Å². The van der Waals surface area contributed by atoms with E-state index in [1.54, 1.807) is 62.4 Å². The van der Waals surface area contributed by atoms with Crippen LogP contribution in [0.15, 0.2) is 71.0 Å². The first-order chi connectivity index (χ1) is 22.1. The zero-order valence-corrected chi connectivity index (χ0v) is 27.0. The summed E-state index contributed by atoms with van der Waals surface area (Å²) in [6.07, 6.45) is 1.45. The van der Waals surface area contributed by atoms with Crippen LogP contribution in [-0.4, -0.2) is 51.6 Å². The van der Waals surface area contributed by atoms with E-state index in [2.05, 4.69) is 21.2 Å². The van der Waals surface area contributed by atoms with Crippen molar-refractivity contribution in [1.29, 1.82) is 0 Å². The molecule has 0 saturated carbocycles. The molecule has 0 saturated heterocycles. The molecule has 1 aliphatic heterocycles. The van der Waals surface area contributed by atoms with E-state index >= 15 is 0 Å². The second kappa shape index (κ2) is 15.9. The SMILES string of the molecule is CCOC(=O)C1=C(C)NC(=O)N[C@@H]1c1ccc(OCC(=O)N/N=C\c2ccc(OCc3ccc(Cl)c(Cl)c3)c(OC)c2)c(OC)c1. The number of nitrogens with one attached hydrogen (secondary N) is 3. The third-order valence-electron chi connectivity index (χ3n) is 6.61. The quantitative estimate of drug-likeness (QED) is 0.126. The Labute approximate surface area is 275 Å². The number of esters is 1. The number of hydrogen-bond donors (Lipinski definition) is 3. The number of ether oxygens (including phenoxy) is 5. The van der Waals surface area contributed by atoms with Crippen molar-refractivity contribution in [3.8, 4) is 23.0 Å². The molecule has 3 aromatic rings. The van der Waals surface area contributed by atoms with Crippen molar-refractivity contribution >= 4 is 47.3 Å². The van der Waals surface area contributed by atoms with Gasteiger partial charge in [0.25, 0.3) is 5.91 Å². The molecule has 1 heterocycles. The molecular formula is C32H32Cl2N4O8. The number of methoxy groups -OCH3 is 2. The number of hydrogen-bond acceptors (Lipinski definition) is 9. The third kappa shape index (κ3) is 8.61. The molecule has 0 aromatic heterocycles. The average molecular weight is 672 g/mol. The van der Waals surface area contributed by atoms with Crippen molar-refractivity contribution in [3.63, 3.8) is 0 Å². The zero-order chi connectivity index (χ0) is 33.2. The molecule has 4 rings (SSSR count). The van der Waals surface area contributed by atoms with Gasteiger partial charge in [-0.05, 0) is 73.0 Å². The summed E-state index contributed by atoms with van der Waals surface area (Å²) in [4.78, 5) is 37.2. The maximum atomic E-state index is 12.6. The van der Waals surface area contributed by atoms with E-state index in [9.17, 15) is 14.4 Å². The summed E-state index contributed by atoms with van der Waals surface area (Å²) in [7, 11) is 2.95. The molecule has 242 valence electrons. The summed E-state index contributed by atoms with van der Waals surface area (Å²) in [5.41, 5.74) is 5.09. The number of carbonyl (C=O) groups is 3. The lowest BCUT2D eigenvalue weighted by Crippen LogP contribution is -2.45. The maximum Gasteiger partial charge on any atom is 0.338 e. The van der Waals surface area contributed by atoms with Crippen LogP contribution in [0, 0.1) is 0 Å². The molecular weight excluding hydrogens is 639 g/mol. The number of urea groups is 1. The van der Waals surface area contributed by atoms with E-state index in [0.717, 1.165) is 5.56 Å². The van der Waals surface area contributed by atoms with Crippen LogP contribution in [0.4, 0.5) is 4.79 Å². The predicted octanol–water partition coefficient (Wildman–Crippen LogP) is 5.31. The zero-order valence-electron chi connectivity index (χ0n) is 25.4. The predicted molar refractivity (Wildman–Crippen MR) is 172 cm³/mol. The fourth-order valence-electron chi connectivity index (χ4n) is 4.43. The summed E-state index contributed by atoms with van der Waals surface area (Å²) in [5, 5.41) is 10.2. The van der Waals surface area contributed by atoms with E-state index in [1.165, 1.54) is 20.4 Å². The first kappa shape index (κ1) is 33.9. The standard InChI is InChI=1S/C32H32Cl2N4O8/c1-5-44-31(40)29-18(2)36-32(41)37-30(29)21-8-11-25(27(14-21)43-4)46-17-28(39)38-35-15-19-7-10-24(26(13-19)42-3)45-16-20-6-9-22(33)23(34)12-20/h6-15,30H,5,16-17H2,1-4H3,(H,38,39)(H2,36,37,41)/b35-15-/t30-/m1/s1. The van der Waals surface area contributed by atoms with Crippen LogP contribution in [0.1, 0.15) is 36.6 Å². The van der Waals surface area contributed by atoms with Gasteiger partial charge in [0.2, 0.25) is 0 Å². The van der Waals surface area contributed by atoms with E-state index in [4.69, 9.17) is 46.9 Å². The highest BCUT2D eigenvalue weighted by Crippen LogP contribution is 2.35. The summed E-state index contributed by atoms with van der Waals surface area (Å²) in [6, 6.07) is 14.0. The number of carbonyl (C=O) groups excluding carboxylic acids is 3. The smallest absolute Gasteiger partial charge is 0.338 e. The molecule has 3 amide bonds. The number of allylic oxidation sites excluding steroid dienone is 1. The first-order valence-corrected chi connectivity index (χ1v) is 14.7. The molecule has 1 atom stereocenters. The van der Waals surface area contributed by atoms with Gasteiger partial charge in [0.1, 0.15) is 6.61 Å². The van der Waals surface area contributed by atoms with Crippen molar-refractivity contribution in [2.24, 2.45) is 5.10 Å². The normalized spacial score (nSPS) is 14.3. The minimum atomic E-state index is -0.782. The monoisotopic (exact) mass is 670 g/mol. The minimum absolute atomic E-state index is 0.177. The van der Waals surface area contributed by atoms with Crippen LogP contribution < -0.4 is 35.0 Å². The molecule has 0 aliphatic carbocycles. The second-order valence-electron chi connectivity index (χ2n) is 9.73. The van der Waals surface area contributed by atoms with Crippen molar-refractivity contribution in [2.45, 2.75) is 26.5 Å². The van der Waals surface area contributed by atoms with Crippen molar-refractivity contribution in [2.75, 3.05) is 27.4 Å². The van der Waals surface area contributed by atoms with Gasteiger partial charge in [-0.1, -0.05) is 35.3 Å². The van der Waals surface area contributed by atoms with Gasteiger partial charge in [0.05, 0.1) is 48.7 Å². The number of rotatable bonds is 13. The van der Waals surface area contributed by atoms with Crippen LogP contribution in [0.5, 0.6) is 23.0 Å². The lowest BCUT2D eigenvalue weighted by Gasteiger charge is -2.28. The number of hydrazone groups is 1. The van der Waals surface area contributed by atoms with Gasteiger partial charge in [0, 0.05) is 5.70 Å². The number of amides is 3. The summed E-state index contributed by atoms with van der Waals surface area (Å²) < 4.78 is 27.6. The van der Waals surface area contributed by atoms with Gasteiger partial charge in [-0.3, -0.25) is 4.79 Å². The Morgan fingerprint density at radius 2 is 1.65 bits per heavy atom. The third-order valence-corrected chi connectivity index (χ3v) is 7.35. The molecule has 46 heavy (non-hydrogen) atoms. The van der Waals surface area contributed by atoms with Crippen LogP contribution >= 0.6 is 23.2 Å². The van der Waals surface area contributed by atoms with Gasteiger partial charge < -0.3 is 34.3 Å².